The van der Waals surface area contributed by atoms with Crippen molar-refractivity contribution < 1.29 is 4.42 Å². The molecule has 0 aliphatic heterocycles. The van der Waals surface area contributed by atoms with Crippen molar-refractivity contribution in [2.24, 2.45) is 11.7 Å². The van der Waals surface area contributed by atoms with E-state index in [1.165, 1.54) is 12.8 Å². The van der Waals surface area contributed by atoms with E-state index in [4.69, 9.17) is 10.2 Å². The highest BCUT2D eigenvalue weighted by Crippen LogP contribution is 2.28. The predicted molar refractivity (Wildman–Crippen MR) is 65.0 cm³/mol. The van der Waals surface area contributed by atoms with Gasteiger partial charge in [-0.1, -0.05) is 13.8 Å². The van der Waals surface area contributed by atoms with Crippen LogP contribution in [0, 0.1) is 5.92 Å². The highest BCUT2D eigenvalue weighted by atomic mass is 16.3. The lowest BCUT2D eigenvalue weighted by Crippen LogP contribution is -2.41. The van der Waals surface area contributed by atoms with Gasteiger partial charge in [-0.25, -0.2) is 0 Å². The van der Waals surface area contributed by atoms with Gasteiger partial charge >= 0.3 is 0 Å². The molecule has 0 spiro atoms. The zero-order valence-electron chi connectivity index (χ0n) is 10.2. The maximum absolute atomic E-state index is 6.14. The van der Waals surface area contributed by atoms with Gasteiger partial charge in [-0.2, -0.15) is 0 Å². The van der Waals surface area contributed by atoms with E-state index in [-0.39, 0.29) is 6.04 Å². The van der Waals surface area contributed by atoms with Gasteiger partial charge in [-0.15, -0.1) is 0 Å². The maximum atomic E-state index is 6.14. The van der Waals surface area contributed by atoms with Crippen LogP contribution in [0.4, 0.5) is 0 Å². The third kappa shape index (κ3) is 3.09. The number of rotatable bonds is 6. The molecule has 1 heterocycles. The molecule has 0 aromatic carbocycles. The first-order chi connectivity index (χ1) is 7.66. The van der Waals surface area contributed by atoms with Crippen molar-refractivity contribution in [3.8, 4) is 0 Å². The first kappa shape index (κ1) is 11.7. The average Bonchev–Trinajstić information content (AvgIpc) is 2.97. The predicted octanol–water partition coefficient (Wildman–Crippen LogP) is 2.23. The second-order valence-electron chi connectivity index (χ2n) is 5.15. The Morgan fingerprint density at radius 2 is 2.25 bits per heavy atom. The van der Waals surface area contributed by atoms with E-state index in [2.05, 4.69) is 18.7 Å². The fourth-order valence-electron chi connectivity index (χ4n) is 1.87. The molecule has 16 heavy (non-hydrogen) atoms. The summed E-state index contributed by atoms with van der Waals surface area (Å²) < 4.78 is 5.40. The van der Waals surface area contributed by atoms with Crippen LogP contribution in [0.3, 0.4) is 0 Å². The number of hydrogen-bond acceptors (Lipinski definition) is 3. The highest BCUT2D eigenvalue weighted by molar-refractivity contribution is 5.00. The van der Waals surface area contributed by atoms with Gasteiger partial charge in [-0.3, -0.25) is 4.90 Å². The van der Waals surface area contributed by atoms with Crippen molar-refractivity contribution in [1.82, 2.24) is 4.90 Å². The molecule has 1 aromatic heterocycles. The molecule has 0 bridgehead atoms. The summed E-state index contributed by atoms with van der Waals surface area (Å²) in [5.41, 5.74) is 6.14. The Hall–Kier alpha value is -0.800. The maximum Gasteiger partial charge on any atom is 0.117 e. The summed E-state index contributed by atoms with van der Waals surface area (Å²) >= 11 is 0. The van der Waals surface area contributed by atoms with E-state index in [1.807, 2.05) is 12.1 Å². The Labute approximate surface area is 97.6 Å². The largest absolute Gasteiger partial charge is 0.468 e. The minimum atomic E-state index is 0.260. The van der Waals surface area contributed by atoms with Crippen molar-refractivity contribution >= 4 is 0 Å². The Balaban J connectivity index is 1.90. The molecule has 1 atom stereocenters. The molecule has 0 amide bonds. The number of nitrogens with zero attached hydrogens (tertiary/aromatic N) is 1. The minimum absolute atomic E-state index is 0.260. The summed E-state index contributed by atoms with van der Waals surface area (Å²) in [7, 11) is 0. The van der Waals surface area contributed by atoms with Gasteiger partial charge in [0.25, 0.3) is 0 Å². The molecule has 1 aliphatic rings. The summed E-state index contributed by atoms with van der Waals surface area (Å²) in [5, 5.41) is 0. The molecule has 3 nitrogen and oxygen atoms in total. The molecule has 2 rings (SSSR count). The summed E-state index contributed by atoms with van der Waals surface area (Å²) in [4.78, 5) is 2.46. The SMILES string of the molecule is CC(C)C(N)CN(Cc1ccco1)C1CC1. The van der Waals surface area contributed by atoms with Crippen LogP contribution in [0.25, 0.3) is 0 Å². The molecule has 3 heteroatoms. The first-order valence-corrected chi connectivity index (χ1v) is 6.19. The van der Waals surface area contributed by atoms with Crippen molar-refractivity contribution in [1.29, 1.82) is 0 Å². The van der Waals surface area contributed by atoms with Crippen molar-refractivity contribution in [3.63, 3.8) is 0 Å². The van der Waals surface area contributed by atoms with Crippen LogP contribution in [0.15, 0.2) is 22.8 Å². The highest BCUT2D eigenvalue weighted by Gasteiger charge is 2.30. The zero-order valence-corrected chi connectivity index (χ0v) is 10.2. The number of furan rings is 1. The molecule has 1 unspecified atom stereocenters. The summed E-state index contributed by atoms with van der Waals surface area (Å²) in [6.07, 6.45) is 4.36. The van der Waals surface area contributed by atoms with Crippen LogP contribution in [0.5, 0.6) is 0 Å². The third-order valence-electron chi connectivity index (χ3n) is 3.30. The van der Waals surface area contributed by atoms with Gasteiger partial charge in [0.1, 0.15) is 5.76 Å². The quantitative estimate of drug-likeness (QED) is 0.802. The molecule has 1 fully saturated rings. The smallest absolute Gasteiger partial charge is 0.117 e. The summed E-state index contributed by atoms with van der Waals surface area (Å²) in [5.74, 6) is 1.58. The Bertz CT molecular complexity index is 304. The molecule has 1 aromatic rings. The molecular weight excluding hydrogens is 200 g/mol. The average molecular weight is 222 g/mol. The molecule has 1 aliphatic carbocycles. The van der Waals surface area contributed by atoms with Gasteiger partial charge < -0.3 is 10.2 Å². The molecule has 0 radical (unpaired) electrons. The molecule has 0 saturated heterocycles. The van der Waals surface area contributed by atoms with E-state index >= 15 is 0 Å². The number of hydrogen-bond donors (Lipinski definition) is 1. The van der Waals surface area contributed by atoms with Crippen LogP contribution in [0.1, 0.15) is 32.4 Å². The lowest BCUT2D eigenvalue weighted by atomic mass is 10.1. The van der Waals surface area contributed by atoms with Crippen molar-refractivity contribution in [2.45, 2.75) is 45.3 Å². The minimum Gasteiger partial charge on any atom is -0.468 e. The lowest BCUT2D eigenvalue weighted by molar-refractivity contribution is 0.205. The normalized spacial score (nSPS) is 18.3. The van der Waals surface area contributed by atoms with Gasteiger partial charge in [0, 0.05) is 18.6 Å². The summed E-state index contributed by atoms with van der Waals surface area (Å²) in [6, 6.07) is 4.98. The third-order valence-corrected chi connectivity index (χ3v) is 3.30. The molecule has 1 saturated carbocycles. The zero-order chi connectivity index (χ0) is 11.5. The van der Waals surface area contributed by atoms with E-state index < -0.39 is 0 Å². The van der Waals surface area contributed by atoms with Crippen LogP contribution >= 0.6 is 0 Å². The van der Waals surface area contributed by atoms with Crippen LogP contribution in [-0.4, -0.2) is 23.5 Å². The van der Waals surface area contributed by atoms with Gasteiger partial charge in [0.15, 0.2) is 0 Å². The van der Waals surface area contributed by atoms with Gasteiger partial charge in [-0.05, 0) is 30.9 Å². The Morgan fingerprint density at radius 1 is 1.50 bits per heavy atom. The fraction of sp³-hybridized carbons (Fsp3) is 0.692. The second kappa shape index (κ2) is 5.02. The topological polar surface area (TPSA) is 42.4 Å². The summed E-state index contributed by atoms with van der Waals surface area (Å²) in [6.45, 7) is 6.24. The Morgan fingerprint density at radius 3 is 2.75 bits per heavy atom. The van der Waals surface area contributed by atoms with Crippen molar-refractivity contribution in [2.75, 3.05) is 6.54 Å². The van der Waals surface area contributed by atoms with Crippen LogP contribution < -0.4 is 5.73 Å². The van der Waals surface area contributed by atoms with Gasteiger partial charge in [0.2, 0.25) is 0 Å². The van der Waals surface area contributed by atoms with E-state index in [9.17, 15) is 0 Å². The Kier molecular flexibility index (Phi) is 3.66. The van der Waals surface area contributed by atoms with E-state index in [0.29, 0.717) is 5.92 Å². The van der Waals surface area contributed by atoms with Gasteiger partial charge in [0.05, 0.1) is 12.8 Å². The monoisotopic (exact) mass is 222 g/mol. The van der Waals surface area contributed by atoms with Crippen LogP contribution in [-0.2, 0) is 6.54 Å². The molecule has 90 valence electrons. The number of nitrogens with two attached hydrogens (primary N) is 1. The van der Waals surface area contributed by atoms with Crippen molar-refractivity contribution in [3.05, 3.63) is 24.2 Å². The van der Waals surface area contributed by atoms with Crippen LogP contribution in [0.2, 0.25) is 0 Å². The standard InChI is InChI=1S/C13H22N2O/c1-10(2)13(14)9-15(11-5-6-11)8-12-4-3-7-16-12/h3-4,7,10-11,13H,5-6,8-9,14H2,1-2H3. The lowest BCUT2D eigenvalue weighted by Gasteiger charge is -2.26. The van der Waals surface area contributed by atoms with E-state index in [1.54, 1.807) is 6.26 Å². The first-order valence-electron chi connectivity index (χ1n) is 6.19. The fourth-order valence-corrected chi connectivity index (χ4v) is 1.87. The second-order valence-corrected chi connectivity index (χ2v) is 5.15. The molecule has 2 N–H and O–H groups in total. The molecular formula is C13H22N2O. The van der Waals surface area contributed by atoms with E-state index in [0.717, 1.165) is 24.9 Å².